The molecule has 1 aromatic rings. The van der Waals surface area contributed by atoms with E-state index in [1.54, 1.807) is 0 Å². The van der Waals surface area contributed by atoms with Crippen LogP contribution in [0.3, 0.4) is 0 Å². The number of piperazine rings is 1. The summed E-state index contributed by atoms with van der Waals surface area (Å²) in [6.45, 7) is 2.79. The number of carbonyl (C=O) groups is 2. The number of benzene rings is 1. The summed E-state index contributed by atoms with van der Waals surface area (Å²) in [5.41, 5.74) is 2.07. The minimum atomic E-state index is -0.896. The van der Waals surface area contributed by atoms with Gasteiger partial charge in [-0.15, -0.1) is 0 Å². The summed E-state index contributed by atoms with van der Waals surface area (Å²) in [5, 5.41) is 11.5. The summed E-state index contributed by atoms with van der Waals surface area (Å²) in [4.78, 5) is 24.3. The van der Waals surface area contributed by atoms with Gasteiger partial charge >= 0.3 is 5.97 Å². The SMILES string of the molecule is Cc1ccccc1N1CC(=O)NC(CC(=O)O)C1. The van der Waals surface area contributed by atoms with E-state index in [1.807, 2.05) is 36.1 Å². The average molecular weight is 248 g/mol. The molecule has 0 spiro atoms. The van der Waals surface area contributed by atoms with Crippen molar-refractivity contribution in [1.82, 2.24) is 5.32 Å². The van der Waals surface area contributed by atoms with Gasteiger partial charge in [-0.1, -0.05) is 18.2 Å². The highest BCUT2D eigenvalue weighted by molar-refractivity contribution is 5.84. The Labute approximate surface area is 105 Å². The molecule has 18 heavy (non-hydrogen) atoms. The molecule has 0 bridgehead atoms. The topological polar surface area (TPSA) is 69.6 Å². The molecule has 1 fully saturated rings. The molecule has 1 unspecified atom stereocenters. The van der Waals surface area contributed by atoms with E-state index in [1.165, 1.54) is 0 Å². The van der Waals surface area contributed by atoms with E-state index in [0.29, 0.717) is 6.54 Å². The third-order valence-corrected chi connectivity index (χ3v) is 3.02. The first-order valence-electron chi connectivity index (χ1n) is 5.88. The summed E-state index contributed by atoms with van der Waals surface area (Å²) >= 11 is 0. The number of carbonyl (C=O) groups excluding carboxylic acids is 1. The molecule has 1 heterocycles. The fourth-order valence-electron chi connectivity index (χ4n) is 2.25. The van der Waals surface area contributed by atoms with Crippen molar-refractivity contribution in [3.05, 3.63) is 29.8 Å². The number of hydrogen-bond acceptors (Lipinski definition) is 3. The molecular formula is C13H16N2O3. The number of aliphatic carboxylic acids is 1. The van der Waals surface area contributed by atoms with Gasteiger partial charge in [-0.3, -0.25) is 9.59 Å². The molecule has 96 valence electrons. The molecular weight excluding hydrogens is 232 g/mol. The lowest BCUT2D eigenvalue weighted by molar-refractivity contribution is -0.137. The van der Waals surface area contributed by atoms with Crippen molar-refractivity contribution < 1.29 is 14.7 Å². The van der Waals surface area contributed by atoms with Crippen LogP contribution in [0.2, 0.25) is 0 Å². The highest BCUT2D eigenvalue weighted by Gasteiger charge is 2.26. The van der Waals surface area contributed by atoms with Crippen LogP contribution in [0.1, 0.15) is 12.0 Å². The van der Waals surface area contributed by atoms with Crippen molar-refractivity contribution in [2.45, 2.75) is 19.4 Å². The van der Waals surface area contributed by atoms with Gasteiger partial charge in [-0.2, -0.15) is 0 Å². The lowest BCUT2D eigenvalue weighted by Gasteiger charge is -2.34. The molecule has 0 radical (unpaired) electrons. The Balaban J connectivity index is 2.16. The standard InChI is InChI=1S/C13H16N2O3/c1-9-4-2-3-5-11(9)15-7-10(6-13(17)18)14-12(16)8-15/h2-5,10H,6-8H2,1H3,(H,14,16)(H,17,18). The lowest BCUT2D eigenvalue weighted by atomic mass is 10.1. The van der Waals surface area contributed by atoms with E-state index in [0.717, 1.165) is 11.3 Å². The molecule has 5 heteroatoms. The zero-order chi connectivity index (χ0) is 13.1. The maximum atomic E-state index is 11.6. The van der Waals surface area contributed by atoms with Crippen molar-refractivity contribution in [2.24, 2.45) is 0 Å². The number of hydrogen-bond donors (Lipinski definition) is 2. The average Bonchev–Trinajstić information content (AvgIpc) is 2.27. The molecule has 0 saturated carbocycles. The predicted molar refractivity (Wildman–Crippen MR) is 67.6 cm³/mol. The minimum Gasteiger partial charge on any atom is -0.481 e. The van der Waals surface area contributed by atoms with Crippen molar-refractivity contribution in [1.29, 1.82) is 0 Å². The molecule has 2 N–H and O–H groups in total. The Morgan fingerprint density at radius 2 is 2.22 bits per heavy atom. The van der Waals surface area contributed by atoms with Gasteiger partial charge in [-0.05, 0) is 18.6 Å². The summed E-state index contributed by atoms with van der Waals surface area (Å²) in [6, 6.07) is 7.46. The Morgan fingerprint density at radius 3 is 2.89 bits per heavy atom. The molecule has 2 rings (SSSR count). The third kappa shape index (κ3) is 2.80. The van der Waals surface area contributed by atoms with Gasteiger partial charge < -0.3 is 15.3 Å². The minimum absolute atomic E-state index is 0.0475. The first-order valence-corrected chi connectivity index (χ1v) is 5.88. The molecule has 1 aliphatic heterocycles. The van der Waals surface area contributed by atoms with E-state index >= 15 is 0 Å². The Hall–Kier alpha value is -2.04. The number of carboxylic acid groups (broad SMARTS) is 1. The highest BCUT2D eigenvalue weighted by atomic mass is 16.4. The quantitative estimate of drug-likeness (QED) is 0.829. The molecule has 1 aliphatic rings. The van der Waals surface area contributed by atoms with Crippen LogP contribution in [0.15, 0.2) is 24.3 Å². The van der Waals surface area contributed by atoms with E-state index in [-0.39, 0.29) is 24.9 Å². The first kappa shape index (κ1) is 12.4. The number of nitrogens with one attached hydrogen (secondary N) is 1. The molecule has 0 aliphatic carbocycles. The van der Waals surface area contributed by atoms with Crippen LogP contribution in [0.4, 0.5) is 5.69 Å². The van der Waals surface area contributed by atoms with Crippen LogP contribution in [-0.2, 0) is 9.59 Å². The molecule has 1 amide bonds. The number of nitrogens with zero attached hydrogens (tertiary/aromatic N) is 1. The van der Waals surface area contributed by atoms with Gasteiger partial charge in [0.25, 0.3) is 0 Å². The van der Waals surface area contributed by atoms with Crippen LogP contribution in [0.25, 0.3) is 0 Å². The first-order chi connectivity index (χ1) is 8.56. The zero-order valence-electron chi connectivity index (χ0n) is 10.2. The number of rotatable bonds is 3. The predicted octanol–water partition coefficient (Wildman–Crippen LogP) is 0.775. The summed E-state index contributed by atoms with van der Waals surface area (Å²) in [5.74, 6) is -1.03. The van der Waals surface area contributed by atoms with Gasteiger partial charge in [0.1, 0.15) is 0 Å². The normalized spacial score (nSPS) is 19.5. The van der Waals surface area contributed by atoms with Crippen LogP contribution in [-0.4, -0.2) is 36.1 Å². The van der Waals surface area contributed by atoms with E-state index < -0.39 is 5.97 Å². The summed E-state index contributed by atoms with van der Waals surface area (Å²) in [6.07, 6.45) is -0.0475. The van der Waals surface area contributed by atoms with Gasteiger partial charge in [0.2, 0.25) is 5.91 Å². The van der Waals surface area contributed by atoms with E-state index in [9.17, 15) is 9.59 Å². The van der Waals surface area contributed by atoms with Crippen molar-refractivity contribution in [3.8, 4) is 0 Å². The third-order valence-electron chi connectivity index (χ3n) is 3.02. The fraction of sp³-hybridized carbons (Fsp3) is 0.385. The second-order valence-electron chi connectivity index (χ2n) is 4.53. The van der Waals surface area contributed by atoms with Crippen LogP contribution in [0, 0.1) is 6.92 Å². The summed E-state index contributed by atoms with van der Waals surface area (Å²) < 4.78 is 0. The second kappa shape index (κ2) is 5.08. The van der Waals surface area contributed by atoms with Gasteiger partial charge in [0.15, 0.2) is 0 Å². The largest absolute Gasteiger partial charge is 0.481 e. The molecule has 1 saturated heterocycles. The number of amides is 1. The lowest BCUT2D eigenvalue weighted by Crippen LogP contribution is -2.55. The van der Waals surface area contributed by atoms with E-state index in [2.05, 4.69) is 5.32 Å². The number of carboxylic acids is 1. The van der Waals surface area contributed by atoms with E-state index in [4.69, 9.17) is 5.11 Å². The van der Waals surface area contributed by atoms with Gasteiger partial charge in [0, 0.05) is 12.2 Å². The highest BCUT2D eigenvalue weighted by Crippen LogP contribution is 2.21. The summed E-state index contributed by atoms with van der Waals surface area (Å²) in [7, 11) is 0. The van der Waals surface area contributed by atoms with Crippen molar-refractivity contribution in [2.75, 3.05) is 18.0 Å². The van der Waals surface area contributed by atoms with Crippen molar-refractivity contribution >= 4 is 17.6 Å². The van der Waals surface area contributed by atoms with Gasteiger partial charge in [-0.25, -0.2) is 0 Å². The number of aryl methyl sites for hydroxylation is 1. The smallest absolute Gasteiger partial charge is 0.305 e. The zero-order valence-corrected chi connectivity index (χ0v) is 10.2. The molecule has 5 nitrogen and oxygen atoms in total. The Morgan fingerprint density at radius 1 is 1.50 bits per heavy atom. The number of para-hydroxylation sites is 1. The molecule has 1 aromatic carbocycles. The van der Waals surface area contributed by atoms with Crippen molar-refractivity contribution in [3.63, 3.8) is 0 Å². The fourth-order valence-corrected chi connectivity index (χ4v) is 2.25. The monoisotopic (exact) mass is 248 g/mol. The second-order valence-corrected chi connectivity index (χ2v) is 4.53. The van der Waals surface area contributed by atoms with Crippen LogP contribution >= 0.6 is 0 Å². The molecule has 0 aromatic heterocycles. The Bertz CT molecular complexity index is 471. The van der Waals surface area contributed by atoms with Gasteiger partial charge in [0.05, 0.1) is 19.0 Å². The maximum Gasteiger partial charge on any atom is 0.305 e. The van der Waals surface area contributed by atoms with Crippen LogP contribution < -0.4 is 10.2 Å². The Kier molecular flexibility index (Phi) is 3.50. The molecule has 1 atom stereocenters. The van der Waals surface area contributed by atoms with Crippen LogP contribution in [0.5, 0.6) is 0 Å². The maximum absolute atomic E-state index is 11.6. The number of anilines is 1.